The number of aromatic nitrogens is 2. The van der Waals surface area contributed by atoms with E-state index in [0.717, 1.165) is 43.3 Å². The molecule has 0 spiro atoms. The average Bonchev–Trinajstić information content (AvgIpc) is 3.22. The summed E-state index contributed by atoms with van der Waals surface area (Å²) in [6.45, 7) is 1.61. The van der Waals surface area contributed by atoms with Gasteiger partial charge < -0.3 is 15.4 Å². The molecule has 0 radical (unpaired) electrons. The number of benzene rings is 2. The van der Waals surface area contributed by atoms with E-state index in [2.05, 4.69) is 39.1 Å². The fourth-order valence-corrected chi connectivity index (χ4v) is 2.87. The topological polar surface area (TPSA) is 63.5 Å². The van der Waals surface area contributed by atoms with Gasteiger partial charge in [-0.15, -0.1) is 0 Å². The standard InChI is InChI=1S/C22H27N5O/c1-23-22(24-14-12-18-8-10-21(28-2)11-9-18)25-15-13-19-16-26-27(17-19)20-6-4-3-5-7-20/h3-11,16-17H,12-15H2,1-2H3,(H2,23,24,25). The summed E-state index contributed by atoms with van der Waals surface area (Å²) < 4.78 is 7.09. The van der Waals surface area contributed by atoms with Gasteiger partial charge in [0.05, 0.1) is 19.0 Å². The maximum absolute atomic E-state index is 5.19. The van der Waals surface area contributed by atoms with Gasteiger partial charge in [0.2, 0.25) is 0 Å². The molecule has 1 aromatic heterocycles. The molecule has 3 aromatic rings. The minimum Gasteiger partial charge on any atom is -0.497 e. The lowest BCUT2D eigenvalue weighted by Gasteiger charge is -2.11. The second kappa shape index (κ2) is 10.2. The molecule has 0 amide bonds. The van der Waals surface area contributed by atoms with E-state index >= 15 is 0 Å². The number of guanidine groups is 1. The van der Waals surface area contributed by atoms with Crippen LogP contribution >= 0.6 is 0 Å². The van der Waals surface area contributed by atoms with E-state index in [1.54, 1.807) is 14.2 Å². The van der Waals surface area contributed by atoms with Crippen LogP contribution in [0, 0.1) is 0 Å². The van der Waals surface area contributed by atoms with Crippen LogP contribution in [-0.4, -0.2) is 43.0 Å². The van der Waals surface area contributed by atoms with Crippen LogP contribution in [0.3, 0.4) is 0 Å². The van der Waals surface area contributed by atoms with Crippen LogP contribution in [0.4, 0.5) is 0 Å². The lowest BCUT2D eigenvalue weighted by Crippen LogP contribution is -2.39. The molecular formula is C22H27N5O. The largest absolute Gasteiger partial charge is 0.497 e. The average molecular weight is 377 g/mol. The molecule has 0 saturated carbocycles. The van der Waals surface area contributed by atoms with Crippen molar-refractivity contribution in [2.75, 3.05) is 27.2 Å². The number of rotatable bonds is 8. The molecule has 6 nitrogen and oxygen atoms in total. The molecule has 28 heavy (non-hydrogen) atoms. The number of methoxy groups -OCH3 is 1. The van der Waals surface area contributed by atoms with Crippen molar-refractivity contribution in [1.29, 1.82) is 0 Å². The number of hydrogen-bond donors (Lipinski definition) is 2. The van der Waals surface area contributed by atoms with E-state index in [-0.39, 0.29) is 0 Å². The first-order chi connectivity index (χ1) is 13.8. The molecule has 0 bridgehead atoms. The Kier molecular flexibility index (Phi) is 7.07. The van der Waals surface area contributed by atoms with Crippen LogP contribution < -0.4 is 15.4 Å². The molecule has 2 N–H and O–H groups in total. The highest BCUT2D eigenvalue weighted by Gasteiger charge is 2.02. The SMILES string of the molecule is CN=C(NCCc1ccc(OC)cc1)NCCc1cnn(-c2ccccc2)c1. The third kappa shape index (κ3) is 5.61. The lowest BCUT2D eigenvalue weighted by molar-refractivity contribution is 0.414. The highest BCUT2D eigenvalue weighted by atomic mass is 16.5. The van der Waals surface area contributed by atoms with E-state index in [1.807, 2.05) is 53.3 Å². The highest BCUT2D eigenvalue weighted by molar-refractivity contribution is 5.79. The number of nitrogens with one attached hydrogen (secondary N) is 2. The Morgan fingerprint density at radius 1 is 0.964 bits per heavy atom. The Bertz CT molecular complexity index is 871. The zero-order valence-corrected chi connectivity index (χ0v) is 16.4. The van der Waals surface area contributed by atoms with Crippen molar-refractivity contribution >= 4 is 5.96 Å². The Hall–Kier alpha value is -3.28. The summed E-state index contributed by atoms with van der Waals surface area (Å²) >= 11 is 0. The normalized spacial score (nSPS) is 11.3. The van der Waals surface area contributed by atoms with Crippen LogP contribution in [0.2, 0.25) is 0 Å². The van der Waals surface area contributed by atoms with E-state index in [4.69, 9.17) is 4.74 Å². The molecule has 0 unspecified atom stereocenters. The molecule has 0 aliphatic rings. The Morgan fingerprint density at radius 2 is 1.64 bits per heavy atom. The third-order valence-corrected chi connectivity index (χ3v) is 4.45. The molecule has 2 aromatic carbocycles. The summed E-state index contributed by atoms with van der Waals surface area (Å²) in [5.74, 6) is 1.69. The van der Waals surface area contributed by atoms with Gasteiger partial charge in [-0.25, -0.2) is 4.68 Å². The first-order valence-corrected chi connectivity index (χ1v) is 9.45. The van der Waals surface area contributed by atoms with E-state index < -0.39 is 0 Å². The molecule has 6 heteroatoms. The van der Waals surface area contributed by atoms with E-state index in [1.165, 1.54) is 11.1 Å². The van der Waals surface area contributed by atoms with Crippen LogP contribution in [0.15, 0.2) is 72.0 Å². The van der Waals surface area contributed by atoms with Gasteiger partial charge in [-0.3, -0.25) is 4.99 Å². The first kappa shape index (κ1) is 19.5. The zero-order valence-electron chi connectivity index (χ0n) is 16.4. The Morgan fingerprint density at radius 3 is 2.29 bits per heavy atom. The van der Waals surface area contributed by atoms with Crippen molar-refractivity contribution in [2.45, 2.75) is 12.8 Å². The fourth-order valence-electron chi connectivity index (χ4n) is 2.87. The van der Waals surface area contributed by atoms with Crippen molar-refractivity contribution in [1.82, 2.24) is 20.4 Å². The number of ether oxygens (including phenoxy) is 1. The maximum atomic E-state index is 5.19. The number of para-hydroxylation sites is 1. The third-order valence-electron chi connectivity index (χ3n) is 4.45. The quantitative estimate of drug-likeness (QED) is 0.468. The van der Waals surface area contributed by atoms with Gasteiger partial charge >= 0.3 is 0 Å². The highest BCUT2D eigenvalue weighted by Crippen LogP contribution is 2.11. The number of nitrogens with zero attached hydrogens (tertiary/aromatic N) is 3. The fraction of sp³-hybridized carbons (Fsp3) is 0.273. The summed E-state index contributed by atoms with van der Waals surface area (Å²) in [6, 6.07) is 18.3. The van der Waals surface area contributed by atoms with Crippen molar-refractivity contribution in [3.63, 3.8) is 0 Å². The van der Waals surface area contributed by atoms with Gasteiger partial charge in [-0.1, -0.05) is 30.3 Å². The second-order valence-corrected chi connectivity index (χ2v) is 6.40. The number of hydrogen-bond acceptors (Lipinski definition) is 3. The summed E-state index contributed by atoms with van der Waals surface area (Å²) in [7, 11) is 3.47. The molecule has 0 aliphatic heterocycles. The number of aliphatic imine (C=N–C) groups is 1. The lowest BCUT2D eigenvalue weighted by atomic mass is 10.1. The van der Waals surface area contributed by atoms with Crippen molar-refractivity contribution in [2.24, 2.45) is 4.99 Å². The summed E-state index contributed by atoms with van der Waals surface area (Å²) in [6.07, 6.45) is 5.78. The van der Waals surface area contributed by atoms with Crippen molar-refractivity contribution in [3.8, 4) is 11.4 Å². The monoisotopic (exact) mass is 377 g/mol. The van der Waals surface area contributed by atoms with E-state index in [0.29, 0.717) is 0 Å². The van der Waals surface area contributed by atoms with E-state index in [9.17, 15) is 0 Å². The minimum absolute atomic E-state index is 0.794. The van der Waals surface area contributed by atoms with Crippen molar-refractivity contribution < 1.29 is 4.74 Å². The van der Waals surface area contributed by atoms with Gasteiger partial charge in [0.1, 0.15) is 5.75 Å². The van der Waals surface area contributed by atoms with Gasteiger partial charge in [0, 0.05) is 26.3 Å². The molecule has 0 saturated heterocycles. The first-order valence-electron chi connectivity index (χ1n) is 9.45. The van der Waals surface area contributed by atoms with Gasteiger partial charge in [0.15, 0.2) is 5.96 Å². The van der Waals surface area contributed by atoms with Gasteiger partial charge in [0.25, 0.3) is 0 Å². The molecule has 146 valence electrons. The second-order valence-electron chi connectivity index (χ2n) is 6.40. The van der Waals surface area contributed by atoms with Gasteiger partial charge in [-0.05, 0) is 48.2 Å². The molecule has 1 heterocycles. The zero-order chi connectivity index (χ0) is 19.6. The van der Waals surface area contributed by atoms with Crippen LogP contribution in [0.1, 0.15) is 11.1 Å². The smallest absolute Gasteiger partial charge is 0.190 e. The van der Waals surface area contributed by atoms with Crippen molar-refractivity contribution in [3.05, 3.63) is 78.1 Å². The summed E-state index contributed by atoms with van der Waals surface area (Å²) in [5, 5.41) is 11.1. The molecule has 0 aliphatic carbocycles. The molecule has 0 fully saturated rings. The van der Waals surface area contributed by atoms with Crippen LogP contribution in [0.25, 0.3) is 5.69 Å². The maximum Gasteiger partial charge on any atom is 0.190 e. The predicted molar refractivity (Wildman–Crippen MR) is 113 cm³/mol. The molecular weight excluding hydrogens is 350 g/mol. The van der Waals surface area contributed by atoms with Gasteiger partial charge in [-0.2, -0.15) is 5.10 Å². The Balaban J connectivity index is 1.40. The summed E-state index contributed by atoms with van der Waals surface area (Å²) in [5.41, 5.74) is 3.51. The predicted octanol–water partition coefficient (Wildman–Crippen LogP) is 2.83. The Labute approximate surface area is 166 Å². The minimum atomic E-state index is 0.794. The van der Waals surface area contributed by atoms with Crippen LogP contribution in [0.5, 0.6) is 5.75 Å². The summed E-state index contributed by atoms with van der Waals surface area (Å²) in [4.78, 5) is 4.28. The molecule has 0 atom stereocenters. The molecule has 3 rings (SSSR count). The van der Waals surface area contributed by atoms with Crippen LogP contribution in [-0.2, 0) is 12.8 Å².